The molecule has 0 aromatic carbocycles. The zero-order valence-corrected chi connectivity index (χ0v) is 5.85. The molecule has 1 atom stereocenters. The maximum absolute atomic E-state index is 7.20. The molecule has 1 fully saturated rings. The predicted molar refractivity (Wildman–Crippen MR) is 38.8 cm³/mol. The summed E-state index contributed by atoms with van der Waals surface area (Å²) >= 11 is 0. The molecule has 2 heteroatoms. The molecule has 1 heterocycles. The fourth-order valence-corrected chi connectivity index (χ4v) is 1.18. The van der Waals surface area contributed by atoms with Crippen molar-refractivity contribution in [3.63, 3.8) is 0 Å². The average Bonchev–Trinajstić information content (AvgIpc) is 2.14. The van der Waals surface area contributed by atoms with Crippen molar-refractivity contribution in [2.24, 2.45) is 5.92 Å². The van der Waals surface area contributed by atoms with Crippen molar-refractivity contribution in [1.29, 1.82) is 0 Å². The van der Waals surface area contributed by atoms with Crippen LogP contribution < -0.4 is 0 Å². The highest BCUT2D eigenvalue weighted by atomic mass is 15.2. The van der Waals surface area contributed by atoms with Crippen molar-refractivity contribution in [3.8, 4) is 0 Å². The zero-order chi connectivity index (χ0) is 6.85. The van der Waals surface area contributed by atoms with Gasteiger partial charge in [-0.1, -0.05) is 19.2 Å². The van der Waals surface area contributed by atoms with Crippen LogP contribution in [0.2, 0.25) is 0 Å². The molecule has 0 aromatic heterocycles. The van der Waals surface area contributed by atoms with Crippen LogP contribution >= 0.6 is 0 Å². The monoisotopic (exact) mass is 125 g/mol. The van der Waals surface area contributed by atoms with E-state index in [4.69, 9.17) is 5.73 Å². The average molecular weight is 125 g/mol. The fraction of sp³-hybridized carbons (Fsp3) is 0.714. The summed E-state index contributed by atoms with van der Waals surface area (Å²) in [6.07, 6.45) is 1.22. The lowest BCUT2D eigenvalue weighted by molar-refractivity contribution is 0.425. The molecule has 2 nitrogen and oxygen atoms in total. The Morgan fingerprint density at radius 2 is 2.44 bits per heavy atom. The van der Waals surface area contributed by atoms with E-state index in [2.05, 4.69) is 13.5 Å². The van der Waals surface area contributed by atoms with Crippen molar-refractivity contribution in [2.45, 2.75) is 13.3 Å². The van der Waals surface area contributed by atoms with Crippen molar-refractivity contribution >= 4 is 0 Å². The molecule has 0 saturated carbocycles. The summed E-state index contributed by atoms with van der Waals surface area (Å²) in [5.74, 6) is 1.23. The number of hydrogen-bond acceptors (Lipinski definition) is 1. The Morgan fingerprint density at radius 1 is 1.78 bits per heavy atom. The normalized spacial score (nSPS) is 26.8. The molecule has 0 bridgehead atoms. The second kappa shape index (κ2) is 2.29. The number of nitrogens with zero attached hydrogens (tertiary/aromatic N) is 1. The van der Waals surface area contributed by atoms with Crippen molar-refractivity contribution in [2.75, 3.05) is 13.1 Å². The van der Waals surface area contributed by atoms with Crippen LogP contribution in [0.1, 0.15) is 13.3 Å². The molecular formula is C7H13N2-. The molecule has 52 valence electrons. The van der Waals surface area contributed by atoms with Crippen LogP contribution in [0, 0.1) is 5.92 Å². The van der Waals surface area contributed by atoms with E-state index >= 15 is 0 Å². The van der Waals surface area contributed by atoms with E-state index in [9.17, 15) is 0 Å². The Bertz CT molecular complexity index is 120. The maximum Gasteiger partial charge on any atom is -0.0450 e. The number of likely N-dealkylation sites (tertiary alicyclic amines) is 1. The van der Waals surface area contributed by atoms with Gasteiger partial charge in [0, 0.05) is 0 Å². The van der Waals surface area contributed by atoms with E-state index in [-0.39, 0.29) is 0 Å². The summed E-state index contributed by atoms with van der Waals surface area (Å²) in [6, 6.07) is 0. The molecule has 1 unspecified atom stereocenters. The van der Waals surface area contributed by atoms with Crippen LogP contribution in [0.3, 0.4) is 0 Å². The molecule has 0 aliphatic carbocycles. The smallest absolute Gasteiger partial charge is 0.0450 e. The quantitative estimate of drug-likeness (QED) is 0.525. The Balaban J connectivity index is 2.39. The van der Waals surface area contributed by atoms with Gasteiger partial charge in [-0.25, -0.2) is 0 Å². The molecule has 1 aliphatic rings. The van der Waals surface area contributed by atoms with Crippen molar-refractivity contribution in [3.05, 3.63) is 18.1 Å². The Kier molecular flexibility index (Phi) is 1.65. The van der Waals surface area contributed by atoms with Gasteiger partial charge < -0.3 is 10.6 Å². The van der Waals surface area contributed by atoms with Gasteiger partial charge in [0.05, 0.1) is 0 Å². The fourth-order valence-electron chi connectivity index (χ4n) is 1.18. The second-order valence-corrected chi connectivity index (χ2v) is 2.79. The SMILES string of the molecule is C=C([NH-])N1CCC(C)C1. The first-order valence-corrected chi connectivity index (χ1v) is 3.35. The van der Waals surface area contributed by atoms with Crippen LogP contribution in [-0.2, 0) is 0 Å². The van der Waals surface area contributed by atoms with Gasteiger partial charge >= 0.3 is 0 Å². The lowest BCUT2D eigenvalue weighted by Crippen LogP contribution is -2.16. The topological polar surface area (TPSA) is 27.0 Å². The highest BCUT2D eigenvalue weighted by molar-refractivity contribution is 5.01. The molecule has 1 N–H and O–H groups in total. The molecule has 1 aliphatic heterocycles. The lowest BCUT2D eigenvalue weighted by atomic mass is 10.2. The minimum Gasteiger partial charge on any atom is -0.483 e. The van der Waals surface area contributed by atoms with Gasteiger partial charge in [0.25, 0.3) is 0 Å². The van der Waals surface area contributed by atoms with E-state index < -0.39 is 0 Å². The molecule has 0 aromatic rings. The summed E-state index contributed by atoms with van der Waals surface area (Å²) < 4.78 is 0. The third kappa shape index (κ3) is 1.37. The van der Waals surface area contributed by atoms with Gasteiger partial charge in [0.1, 0.15) is 0 Å². The molecular weight excluding hydrogens is 112 g/mol. The first kappa shape index (κ1) is 6.46. The van der Waals surface area contributed by atoms with Gasteiger partial charge in [0.15, 0.2) is 0 Å². The maximum atomic E-state index is 7.20. The molecule has 0 radical (unpaired) electrons. The summed E-state index contributed by atoms with van der Waals surface area (Å²) in [5, 5.41) is 0. The van der Waals surface area contributed by atoms with E-state index in [1.807, 2.05) is 4.90 Å². The van der Waals surface area contributed by atoms with Gasteiger partial charge in [-0.3, -0.25) is 0 Å². The minimum atomic E-state index is 0.472. The highest BCUT2D eigenvalue weighted by Gasteiger charge is 2.11. The van der Waals surface area contributed by atoms with Crippen LogP contribution in [0.5, 0.6) is 0 Å². The van der Waals surface area contributed by atoms with Crippen LogP contribution in [0.15, 0.2) is 12.4 Å². The first-order chi connectivity index (χ1) is 4.20. The van der Waals surface area contributed by atoms with Gasteiger partial charge in [-0.2, -0.15) is 0 Å². The second-order valence-electron chi connectivity index (χ2n) is 2.79. The minimum absolute atomic E-state index is 0.472. The summed E-state index contributed by atoms with van der Waals surface area (Å²) in [5.41, 5.74) is 7.20. The Labute approximate surface area is 56.3 Å². The predicted octanol–water partition coefficient (Wildman–Crippen LogP) is 1.85. The van der Waals surface area contributed by atoms with Gasteiger partial charge in [-0.15, -0.1) is 6.58 Å². The third-order valence-electron chi connectivity index (χ3n) is 1.81. The number of rotatable bonds is 1. The Hall–Kier alpha value is -0.660. The number of hydrogen-bond donors (Lipinski definition) is 0. The number of nitrogens with one attached hydrogen (secondary N) is 1. The van der Waals surface area contributed by atoms with Crippen LogP contribution in [-0.4, -0.2) is 18.0 Å². The zero-order valence-electron chi connectivity index (χ0n) is 5.85. The lowest BCUT2D eigenvalue weighted by Gasteiger charge is -2.26. The molecule has 0 amide bonds. The third-order valence-corrected chi connectivity index (χ3v) is 1.81. The summed E-state index contributed by atoms with van der Waals surface area (Å²) in [7, 11) is 0. The standard InChI is InChI=1S/C7H13N2/c1-6-3-4-9(5-6)7(2)8/h6,8H,2-5H2,1H3/q-1. The molecule has 1 rings (SSSR count). The van der Waals surface area contributed by atoms with Gasteiger partial charge in [-0.05, 0) is 19.0 Å². The first-order valence-electron chi connectivity index (χ1n) is 3.35. The largest absolute Gasteiger partial charge is 0.483 e. The molecule has 1 saturated heterocycles. The van der Waals surface area contributed by atoms with E-state index in [1.54, 1.807) is 0 Å². The van der Waals surface area contributed by atoms with Gasteiger partial charge in [0.2, 0.25) is 0 Å². The van der Waals surface area contributed by atoms with E-state index in [0.29, 0.717) is 5.82 Å². The summed E-state index contributed by atoms with van der Waals surface area (Å²) in [6.45, 7) is 7.84. The molecule has 0 spiro atoms. The van der Waals surface area contributed by atoms with E-state index in [0.717, 1.165) is 19.0 Å². The van der Waals surface area contributed by atoms with E-state index in [1.165, 1.54) is 6.42 Å². The van der Waals surface area contributed by atoms with Crippen molar-refractivity contribution < 1.29 is 0 Å². The Morgan fingerprint density at radius 3 is 2.67 bits per heavy atom. The van der Waals surface area contributed by atoms with Crippen molar-refractivity contribution in [1.82, 2.24) is 4.90 Å². The summed E-state index contributed by atoms with van der Waals surface area (Å²) in [4.78, 5) is 2.02. The highest BCUT2D eigenvalue weighted by Crippen LogP contribution is 2.18. The van der Waals surface area contributed by atoms with Crippen LogP contribution in [0.4, 0.5) is 0 Å². The van der Waals surface area contributed by atoms with Crippen LogP contribution in [0.25, 0.3) is 5.73 Å². The molecule has 9 heavy (non-hydrogen) atoms.